The summed E-state index contributed by atoms with van der Waals surface area (Å²) in [5.41, 5.74) is 8.71. The van der Waals surface area contributed by atoms with Crippen LogP contribution in [0.15, 0.2) is 60.7 Å². The summed E-state index contributed by atoms with van der Waals surface area (Å²) in [5, 5.41) is 2.45. The average Bonchev–Trinajstić information content (AvgIpc) is 2.53. The second-order valence-corrected chi connectivity index (χ2v) is 6.29. The Morgan fingerprint density at radius 3 is 1.61 bits per heavy atom. The minimum absolute atomic E-state index is 1.06. The normalized spacial score (nSPS) is 11.3. The number of nitrogens with zero attached hydrogens (tertiary/aromatic N) is 1. The van der Waals surface area contributed by atoms with Crippen LogP contribution >= 0.6 is 0 Å². The molecule has 23 heavy (non-hydrogen) atoms. The molecule has 0 bridgehead atoms. The number of rotatable bonds is 1. The fourth-order valence-electron chi connectivity index (χ4n) is 3.68. The van der Waals surface area contributed by atoms with Crippen molar-refractivity contribution in [2.75, 3.05) is 0 Å². The first-order valence-electron chi connectivity index (χ1n) is 8.01. The lowest BCUT2D eigenvalue weighted by molar-refractivity contribution is 1.32. The van der Waals surface area contributed by atoms with Crippen LogP contribution in [0.25, 0.3) is 32.9 Å². The molecule has 1 heteroatoms. The van der Waals surface area contributed by atoms with E-state index in [-0.39, 0.29) is 0 Å². The molecule has 3 aromatic carbocycles. The zero-order chi connectivity index (χ0) is 16.0. The van der Waals surface area contributed by atoms with E-state index in [2.05, 4.69) is 81.4 Å². The van der Waals surface area contributed by atoms with E-state index >= 15 is 0 Å². The third kappa shape index (κ3) is 2.20. The van der Waals surface area contributed by atoms with Crippen LogP contribution in [-0.2, 0) is 0 Å². The van der Waals surface area contributed by atoms with Gasteiger partial charge in [0.2, 0.25) is 0 Å². The number of fused-ring (bicyclic) bond motifs is 2. The van der Waals surface area contributed by atoms with Gasteiger partial charge in [-0.2, -0.15) is 0 Å². The summed E-state index contributed by atoms with van der Waals surface area (Å²) in [4.78, 5) is 4.84. The van der Waals surface area contributed by atoms with Crippen molar-refractivity contribution < 1.29 is 0 Å². The van der Waals surface area contributed by atoms with Gasteiger partial charge in [0.25, 0.3) is 0 Å². The lowest BCUT2D eigenvalue weighted by atomic mass is 9.89. The number of pyridine rings is 1. The van der Waals surface area contributed by atoms with Crippen molar-refractivity contribution in [1.29, 1.82) is 0 Å². The summed E-state index contributed by atoms with van der Waals surface area (Å²) < 4.78 is 0. The minimum atomic E-state index is 1.06. The maximum absolute atomic E-state index is 4.84. The average molecular weight is 297 g/mol. The summed E-state index contributed by atoms with van der Waals surface area (Å²) in [6, 6.07) is 21.4. The highest BCUT2D eigenvalue weighted by Gasteiger charge is 2.14. The van der Waals surface area contributed by atoms with Crippen LogP contribution in [0, 0.1) is 20.8 Å². The van der Waals surface area contributed by atoms with Crippen LogP contribution in [0.4, 0.5) is 0 Å². The second-order valence-electron chi connectivity index (χ2n) is 6.29. The molecule has 0 aliphatic carbocycles. The van der Waals surface area contributed by atoms with Crippen molar-refractivity contribution >= 4 is 21.8 Å². The fraction of sp³-hybridized carbons (Fsp3) is 0.136. The Balaban J connectivity index is 2.25. The zero-order valence-electron chi connectivity index (χ0n) is 13.7. The van der Waals surface area contributed by atoms with E-state index in [0.29, 0.717) is 0 Å². The molecule has 0 fully saturated rings. The first-order chi connectivity index (χ1) is 11.1. The maximum Gasteiger partial charge on any atom is 0.0715 e. The molecule has 0 saturated heterocycles. The Kier molecular flexibility index (Phi) is 3.16. The molecule has 0 unspecified atom stereocenters. The number of benzene rings is 3. The molecular formula is C22H19N. The molecule has 0 atom stereocenters. The number of aromatic nitrogens is 1. The molecule has 1 heterocycles. The van der Waals surface area contributed by atoms with Crippen LogP contribution in [0.5, 0.6) is 0 Å². The Morgan fingerprint density at radius 1 is 0.609 bits per heavy atom. The predicted octanol–water partition coefficient (Wildman–Crippen LogP) is 5.98. The van der Waals surface area contributed by atoms with Crippen LogP contribution in [0.2, 0.25) is 0 Å². The molecule has 4 rings (SSSR count). The summed E-state index contributed by atoms with van der Waals surface area (Å²) in [6.45, 7) is 6.57. The van der Waals surface area contributed by atoms with Crippen LogP contribution in [-0.4, -0.2) is 4.98 Å². The van der Waals surface area contributed by atoms with Gasteiger partial charge in [-0.1, -0.05) is 54.1 Å². The molecule has 0 radical (unpaired) electrons. The van der Waals surface area contributed by atoms with Crippen LogP contribution in [0.3, 0.4) is 0 Å². The van der Waals surface area contributed by atoms with Gasteiger partial charge in [-0.3, -0.25) is 0 Å². The van der Waals surface area contributed by atoms with E-state index in [0.717, 1.165) is 11.0 Å². The highest BCUT2D eigenvalue weighted by atomic mass is 14.7. The van der Waals surface area contributed by atoms with Crippen molar-refractivity contribution in [3.63, 3.8) is 0 Å². The first kappa shape index (κ1) is 14.0. The van der Waals surface area contributed by atoms with E-state index in [1.165, 1.54) is 38.6 Å². The number of hydrogen-bond acceptors (Lipinski definition) is 1. The topological polar surface area (TPSA) is 12.9 Å². The van der Waals surface area contributed by atoms with E-state index in [9.17, 15) is 0 Å². The van der Waals surface area contributed by atoms with E-state index in [1.54, 1.807) is 0 Å². The quantitative estimate of drug-likeness (QED) is 0.394. The van der Waals surface area contributed by atoms with Gasteiger partial charge < -0.3 is 0 Å². The molecular weight excluding hydrogens is 278 g/mol. The molecule has 112 valence electrons. The number of hydrogen-bond donors (Lipinski definition) is 0. The third-order valence-corrected chi connectivity index (χ3v) is 4.51. The largest absolute Gasteiger partial charge is 0.248 e. The molecule has 0 saturated carbocycles. The molecule has 1 aromatic heterocycles. The SMILES string of the molecule is Cc1cc(C)c(-c2c3ccccc3nc3ccccc23)c(C)c1. The third-order valence-electron chi connectivity index (χ3n) is 4.51. The molecule has 0 aliphatic rings. The molecule has 0 amide bonds. The van der Waals surface area contributed by atoms with Crippen molar-refractivity contribution in [1.82, 2.24) is 4.98 Å². The standard InChI is InChI=1S/C22H19N/c1-14-12-15(2)21(16(3)13-14)22-17-8-4-6-10-19(17)23-20-11-7-5-9-18(20)22/h4-13H,1-3H3. The molecule has 1 nitrogen and oxygen atoms in total. The highest BCUT2D eigenvalue weighted by molar-refractivity contribution is 6.10. The van der Waals surface area contributed by atoms with Gasteiger partial charge in [0.1, 0.15) is 0 Å². The highest BCUT2D eigenvalue weighted by Crippen LogP contribution is 2.38. The molecule has 0 spiro atoms. The van der Waals surface area contributed by atoms with Crippen LogP contribution < -0.4 is 0 Å². The van der Waals surface area contributed by atoms with Gasteiger partial charge in [-0.05, 0) is 49.6 Å². The van der Waals surface area contributed by atoms with Gasteiger partial charge in [0.05, 0.1) is 11.0 Å². The van der Waals surface area contributed by atoms with E-state index in [1.807, 2.05) is 0 Å². The van der Waals surface area contributed by atoms with Crippen molar-refractivity contribution in [3.05, 3.63) is 77.4 Å². The summed E-state index contributed by atoms with van der Waals surface area (Å²) in [5.74, 6) is 0. The van der Waals surface area contributed by atoms with Gasteiger partial charge >= 0.3 is 0 Å². The summed E-state index contributed by atoms with van der Waals surface area (Å²) in [6.07, 6.45) is 0. The van der Waals surface area contributed by atoms with Gasteiger partial charge in [0, 0.05) is 16.3 Å². The Labute approximate surface area is 136 Å². The first-order valence-corrected chi connectivity index (χ1v) is 8.01. The maximum atomic E-state index is 4.84. The lowest BCUT2D eigenvalue weighted by Crippen LogP contribution is -1.94. The zero-order valence-corrected chi connectivity index (χ0v) is 13.7. The fourth-order valence-corrected chi connectivity index (χ4v) is 3.68. The lowest BCUT2D eigenvalue weighted by Gasteiger charge is -2.16. The summed E-state index contributed by atoms with van der Waals surface area (Å²) in [7, 11) is 0. The van der Waals surface area contributed by atoms with Crippen molar-refractivity contribution in [3.8, 4) is 11.1 Å². The Hall–Kier alpha value is -2.67. The number of aryl methyl sites for hydroxylation is 3. The van der Waals surface area contributed by atoms with Crippen molar-refractivity contribution in [2.24, 2.45) is 0 Å². The monoisotopic (exact) mass is 297 g/mol. The Morgan fingerprint density at radius 2 is 1.09 bits per heavy atom. The smallest absolute Gasteiger partial charge is 0.0715 e. The van der Waals surface area contributed by atoms with E-state index in [4.69, 9.17) is 4.98 Å². The molecule has 4 aromatic rings. The van der Waals surface area contributed by atoms with Gasteiger partial charge in [0.15, 0.2) is 0 Å². The van der Waals surface area contributed by atoms with E-state index < -0.39 is 0 Å². The molecule has 0 aliphatic heterocycles. The molecule has 0 N–H and O–H groups in total. The Bertz CT molecular complexity index is 967. The van der Waals surface area contributed by atoms with Gasteiger partial charge in [-0.25, -0.2) is 4.98 Å². The minimum Gasteiger partial charge on any atom is -0.248 e. The second kappa shape index (κ2) is 5.20. The predicted molar refractivity (Wildman–Crippen MR) is 98.9 cm³/mol. The summed E-state index contributed by atoms with van der Waals surface area (Å²) >= 11 is 0. The van der Waals surface area contributed by atoms with Crippen LogP contribution in [0.1, 0.15) is 16.7 Å². The van der Waals surface area contributed by atoms with Gasteiger partial charge in [-0.15, -0.1) is 0 Å². The number of para-hydroxylation sites is 2. The van der Waals surface area contributed by atoms with Crippen molar-refractivity contribution in [2.45, 2.75) is 20.8 Å².